The Labute approximate surface area is 153 Å². The third kappa shape index (κ3) is 2.92. The minimum Gasteiger partial charge on any atom is -0.345 e. The molecule has 0 atom stereocenters. The fourth-order valence-electron chi connectivity index (χ4n) is 2.87. The van der Waals surface area contributed by atoms with Crippen molar-refractivity contribution in [2.75, 3.05) is 37.3 Å². The molecule has 4 rings (SSSR count). The lowest BCUT2D eigenvalue weighted by Crippen LogP contribution is -2.48. The van der Waals surface area contributed by atoms with E-state index in [0.29, 0.717) is 0 Å². The average molecular weight is 376 g/mol. The number of nitrogens with zero attached hydrogens (tertiary/aromatic N) is 3. The van der Waals surface area contributed by atoms with Crippen LogP contribution in [0.4, 0.5) is 5.13 Å². The van der Waals surface area contributed by atoms with Gasteiger partial charge in [-0.25, -0.2) is 4.98 Å². The number of para-hydroxylation sites is 1. The minimum absolute atomic E-state index is 0.151. The maximum atomic E-state index is 12.4. The highest BCUT2D eigenvalue weighted by atomic mass is 32.2. The first kappa shape index (κ1) is 15.9. The third-order valence-corrected chi connectivity index (χ3v) is 6.87. The molecular formula is C17H17N3OS3. The molecule has 0 spiro atoms. The number of anilines is 1. The summed E-state index contributed by atoms with van der Waals surface area (Å²) in [5.74, 6) is 0.151. The van der Waals surface area contributed by atoms with Gasteiger partial charge in [-0.15, -0.1) is 23.1 Å². The van der Waals surface area contributed by atoms with Crippen LogP contribution in [-0.4, -0.2) is 48.2 Å². The molecule has 1 saturated heterocycles. The van der Waals surface area contributed by atoms with Crippen molar-refractivity contribution in [2.24, 2.45) is 0 Å². The number of carbonyl (C=O) groups is 1. The molecule has 0 saturated carbocycles. The molecule has 4 nitrogen and oxygen atoms in total. The molecule has 2 aromatic heterocycles. The van der Waals surface area contributed by atoms with Gasteiger partial charge in [0.25, 0.3) is 5.91 Å². The van der Waals surface area contributed by atoms with E-state index in [1.165, 1.54) is 20.9 Å². The van der Waals surface area contributed by atoms with Crippen LogP contribution >= 0.6 is 34.4 Å². The molecule has 1 aliphatic heterocycles. The predicted octanol–water partition coefficient (Wildman–Crippen LogP) is 4.04. The van der Waals surface area contributed by atoms with E-state index < -0.39 is 0 Å². The Hall–Kier alpha value is -1.57. The average Bonchev–Trinajstić information content (AvgIpc) is 3.30. The molecule has 3 aromatic rings. The van der Waals surface area contributed by atoms with Crippen molar-refractivity contribution >= 4 is 55.7 Å². The number of rotatable bonds is 3. The van der Waals surface area contributed by atoms with E-state index in [9.17, 15) is 4.79 Å². The van der Waals surface area contributed by atoms with Gasteiger partial charge in [-0.2, -0.15) is 0 Å². The van der Waals surface area contributed by atoms with Crippen molar-refractivity contribution in [3.05, 3.63) is 40.6 Å². The Bertz CT molecular complexity index is 851. The van der Waals surface area contributed by atoms with E-state index in [0.717, 1.165) is 41.7 Å². The number of aromatic nitrogens is 1. The molecule has 7 heteroatoms. The van der Waals surface area contributed by atoms with Crippen molar-refractivity contribution < 1.29 is 4.79 Å². The summed E-state index contributed by atoms with van der Waals surface area (Å²) in [6, 6.07) is 10.2. The summed E-state index contributed by atoms with van der Waals surface area (Å²) in [6.45, 7) is 3.18. The highest BCUT2D eigenvalue weighted by Gasteiger charge is 2.24. The Morgan fingerprint density at radius 2 is 2.00 bits per heavy atom. The molecule has 24 heavy (non-hydrogen) atoms. The smallest absolute Gasteiger partial charge is 0.264 e. The molecule has 0 bridgehead atoms. The van der Waals surface area contributed by atoms with Crippen molar-refractivity contribution in [1.29, 1.82) is 0 Å². The molecule has 0 radical (unpaired) electrons. The Morgan fingerprint density at radius 1 is 1.17 bits per heavy atom. The van der Waals surface area contributed by atoms with E-state index in [4.69, 9.17) is 4.98 Å². The second-order valence-corrected chi connectivity index (χ2v) is 8.36. The largest absolute Gasteiger partial charge is 0.345 e. The zero-order valence-electron chi connectivity index (χ0n) is 13.3. The van der Waals surface area contributed by atoms with Crippen LogP contribution in [0.1, 0.15) is 9.67 Å². The molecule has 0 aliphatic carbocycles. The first-order valence-corrected chi connectivity index (χ1v) is 10.7. The second kappa shape index (κ2) is 6.74. The fourth-order valence-corrected chi connectivity index (χ4v) is 5.23. The number of carbonyl (C=O) groups excluding carboxylic acids is 1. The SMILES string of the molecule is CSc1cccc2sc(N3CCN(C(=O)c4cccs4)CC3)nc12. The quantitative estimate of drug-likeness (QED) is 0.647. The number of thiazole rings is 1. The molecule has 1 amide bonds. The van der Waals surface area contributed by atoms with Gasteiger partial charge >= 0.3 is 0 Å². The van der Waals surface area contributed by atoms with Crippen LogP contribution in [0.25, 0.3) is 10.2 Å². The van der Waals surface area contributed by atoms with E-state index in [1.54, 1.807) is 23.1 Å². The van der Waals surface area contributed by atoms with Gasteiger partial charge in [0.1, 0.15) is 0 Å². The van der Waals surface area contributed by atoms with Crippen molar-refractivity contribution in [1.82, 2.24) is 9.88 Å². The lowest BCUT2D eigenvalue weighted by Gasteiger charge is -2.34. The second-order valence-electron chi connectivity index (χ2n) is 5.56. The number of fused-ring (bicyclic) bond motifs is 1. The number of amides is 1. The van der Waals surface area contributed by atoms with Crippen LogP contribution in [0.15, 0.2) is 40.6 Å². The lowest BCUT2D eigenvalue weighted by molar-refractivity contribution is 0.0751. The molecule has 1 aromatic carbocycles. The normalized spacial score (nSPS) is 15.2. The Morgan fingerprint density at radius 3 is 2.71 bits per heavy atom. The van der Waals surface area contributed by atoms with Gasteiger partial charge in [0.2, 0.25) is 0 Å². The zero-order valence-corrected chi connectivity index (χ0v) is 15.7. The van der Waals surface area contributed by atoms with E-state index in [1.807, 2.05) is 22.4 Å². The van der Waals surface area contributed by atoms with Crippen molar-refractivity contribution in [2.45, 2.75) is 4.90 Å². The van der Waals surface area contributed by atoms with Gasteiger partial charge in [-0.05, 0) is 29.8 Å². The molecule has 0 unspecified atom stereocenters. The van der Waals surface area contributed by atoms with Gasteiger partial charge in [0.05, 0.1) is 15.1 Å². The number of thiophene rings is 1. The van der Waals surface area contributed by atoms with Gasteiger partial charge in [-0.1, -0.05) is 23.5 Å². The number of hydrogen-bond donors (Lipinski definition) is 0. The Kier molecular flexibility index (Phi) is 4.47. The molecule has 1 fully saturated rings. The van der Waals surface area contributed by atoms with E-state index in [-0.39, 0.29) is 5.91 Å². The summed E-state index contributed by atoms with van der Waals surface area (Å²) < 4.78 is 1.23. The van der Waals surface area contributed by atoms with Gasteiger partial charge in [0.15, 0.2) is 5.13 Å². The molecule has 124 valence electrons. The van der Waals surface area contributed by atoms with Crippen LogP contribution in [0.3, 0.4) is 0 Å². The van der Waals surface area contributed by atoms with Crippen LogP contribution in [0.2, 0.25) is 0 Å². The summed E-state index contributed by atoms with van der Waals surface area (Å²) >= 11 is 4.99. The van der Waals surface area contributed by atoms with Crippen LogP contribution in [0.5, 0.6) is 0 Å². The topological polar surface area (TPSA) is 36.4 Å². The van der Waals surface area contributed by atoms with Crippen LogP contribution in [-0.2, 0) is 0 Å². The van der Waals surface area contributed by atoms with E-state index >= 15 is 0 Å². The highest BCUT2D eigenvalue weighted by Crippen LogP contribution is 2.34. The summed E-state index contributed by atoms with van der Waals surface area (Å²) in [6.07, 6.45) is 2.09. The Balaban J connectivity index is 1.49. The first-order valence-electron chi connectivity index (χ1n) is 7.77. The predicted molar refractivity (Wildman–Crippen MR) is 104 cm³/mol. The number of benzene rings is 1. The number of piperazine rings is 1. The molecular weight excluding hydrogens is 358 g/mol. The molecule has 0 N–H and O–H groups in total. The van der Waals surface area contributed by atoms with Gasteiger partial charge < -0.3 is 9.80 Å². The summed E-state index contributed by atoms with van der Waals surface area (Å²) in [5.41, 5.74) is 1.10. The van der Waals surface area contributed by atoms with Gasteiger partial charge in [0, 0.05) is 31.1 Å². The standard InChI is InChI=1S/C17H17N3OS3/c1-22-12-4-2-5-13-15(12)18-17(24-13)20-9-7-19(8-10-20)16(21)14-6-3-11-23-14/h2-6,11H,7-10H2,1H3. The van der Waals surface area contributed by atoms with Crippen molar-refractivity contribution in [3.63, 3.8) is 0 Å². The highest BCUT2D eigenvalue weighted by molar-refractivity contribution is 7.98. The zero-order chi connectivity index (χ0) is 16.5. The summed E-state index contributed by atoms with van der Waals surface area (Å²) in [4.78, 5) is 23.6. The molecule has 1 aliphatic rings. The third-order valence-electron chi connectivity index (χ3n) is 4.16. The minimum atomic E-state index is 0.151. The summed E-state index contributed by atoms with van der Waals surface area (Å²) in [7, 11) is 0. The number of hydrogen-bond acceptors (Lipinski definition) is 6. The van der Waals surface area contributed by atoms with Crippen LogP contribution < -0.4 is 4.90 Å². The number of thioether (sulfide) groups is 1. The maximum Gasteiger partial charge on any atom is 0.264 e. The summed E-state index contributed by atoms with van der Waals surface area (Å²) in [5, 5.41) is 3.02. The van der Waals surface area contributed by atoms with Crippen LogP contribution in [0, 0.1) is 0 Å². The van der Waals surface area contributed by atoms with Crippen molar-refractivity contribution in [3.8, 4) is 0 Å². The fraction of sp³-hybridized carbons (Fsp3) is 0.294. The molecule has 3 heterocycles. The monoisotopic (exact) mass is 375 g/mol. The lowest BCUT2D eigenvalue weighted by atomic mass is 10.3. The maximum absolute atomic E-state index is 12.4. The van der Waals surface area contributed by atoms with Gasteiger partial charge in [-0.3, -0.25) is 4.79 Å². The van der Waals surface area contributed by atoms with E-state index in [2.05, 4.69) is 29.4 Å². The first-order chi connectivity index (χ1) is 11.8.